The topological polar surface area (TPSA) is 64.9 Å². The standard InChI is InChI=1S/C13H17N3O/c1-10(16-8-7-13(17)15-2)12-5-3-11(9-14)4-6-12/h3-6,10,16H,7-8H2,1-2H3,(H,15,17). The summed E-state index contributed by atoms with van der Waals surface area (Å²) in [6, 6.07) is 9.71. The second kappa shape index (κ2) is 6.66. The fourth-order valence-corrected chi connectivity index (χ4v) is 1.49. The number of carbonyl (C=O) groups excluding carboxylic acids is 1. The average Bonchev–Trinajstić information content (AvgIpc) is 2.38. The molecule has 0 saturated carbocycles. The van der Waals surface area contributed by atoms with Crippen molar-refractivity contribution in [2.75, 3.05) is 13.6 Å². The number of nitrogens with zero attached hydrogens (tertiary/aromatic N) is 1. The summed E-state index contributed by atoms with van der Waals surface area (Å²) in [7, 11) is 1.63. The van der Waals surface area contributed by atoms with Gasteiger partial charge in [-0.05, 0) is 24.6 Å². The van der Waals surface area contributed by atoms with E-state index in [0.29, 0.717) is 18.5 Å². The van der Waals surface area contributed by atoms with Crippen LogP contribution in [0.25, 0.3) is 0 Å². The van der Waals surface area contributed by atoms with Crippen molar-refractivity contribution in [1.29, 1.82) is 5.26 Å². The average molecular weight is 231 g/mol. The van der Waals surface area contributed by atoms with Gasteiger partial charge in [-0.15, -0.1) is 0 Å². The molecule has 1 amide bonds. The van der Waals surface area contributed by atoms with E-state index in [2.05, 4.69) is 16.7 Å². The third kappa shape index (κ3) is 4.25. The smallest absolute Gasteiger partial charge is 0.221 e. The normalized spacial score (nSPS) is 11.6. The zero-order chi connectivity index (χ0) is 12.7. The van der Waals surface area contributed by atoms with Gasteiger partial charge in [0.15, 0.2) is 0 Å². The van der Waals surface area contributed by atoms with E-state index in [-0.39, 0.29) is 11.9 Å². The van der Waals surface area contributed by atoms with Gasteiger partial charge in [-0.25, -0.2) is 0 Å². The van der Waals surface area contributed by atoms with Gasteiger partial charge in [0.1, 0.15) is 0 Å². The van der Waals surface area contributed by atoms with Crippen molar-refractivity contribution in [1.82, 2.24) is 10.6 Å². The van der Waals surface area contributed by atoms with Crippen LogP contribution >= 0.6 is 0 Å². The van der Waals surface area contributed by atoms with E-state index in [1.165, 1.54) is 0 Å². The zero-order valence-corrected chi connectivity index (χ0v) is 10.2. The van der Waals surface area contributed by atoms with E-state index >= 15 is 0 Å². The summed E-state index contributed by atoms with van der Waals surface area (Å²) in [6.07, 6.45) is 0.469. The fourth-order valence-electron chi connectivity index (χ4n) is 1.49. The molecule has 0 aliphatic carbocycles. The highest BCUT2D eigenvalue weighted by Crippen LogP contribution is 2.12. The molecular weight excluding hydrogens is 214 g/mol. The van der Waals surface area contributed by atoms with Gasteiger partial charge in [-0.3, -0.25) is 4.79 Å². The molecule has 1 aromatic carbocycles. The predicted octanol–water partition coefficient (Wildman–Crippen LogP) is 1.34. The van der Waals surface area contributed by atoms with Gasteiger partial charge < -0.3 is 10.6 Å². The van der Waals surface area contributed by atoms with Crippen LogP contribution in [0, 0.1) is 11.3 Å². The molecule has 17 heavy (non-hydrogen) atoms. The number of amides is 1. The fraction of sp³-hybridized carbons (Fsp3) is 0.385. The molecule has 2 N–H and O–H groups in total. The van der Waals surface area contributed by atoms with E-state index in [4.69, 9.17) is 5.26 Å². The van der Waals surface area contributed by atoms with Crippen molar-refractivity contribution in [3.05, 3.63) is 35.4 Å². The quantitative estimate of drug-likeness (QED) is 0.803. The minimum Gasteiger partial charge on any atom is -0.359 e. The third-order valence-corrected chi connectivity index (χ3v) is 2.62. The van der Waals surface area contributed by atoms with Gasteiger partial charge in [-0.1, -0.05) is 12.1 Å². The van der Waals surface area contributed by atoms with E-state index < -0.39 is 0 Å². The van der Waals surface area contributed by atoms with Crippen LogP contribution in [0.2, 0.25) is 0 Å². The Bertz CT molecular complexity index is 406. The van der Waals surface area contributed by atoms with Crippen molar-refractivity contribution < 1.29 is 4.79 Å². The molecule has 0 fully saturated rings. The third-order valence-electron chi connectivity index (χ3n) is 2.62. The molecule has 0 aliphatic rings. The van der Waals surface area contributed by atoms with Crippen molar-refractivity contribution in [2.24, 2.45) is 0 Å². The van der Waals surface area contributed by atoms with Crippen molar-refractivity contribution in [3.8, 4) is 6.07 Å². The Morgan fingerprint density at radius 2 is 2.06 bits per heavy atom. The van der Waals surface area contributed by atoms with Crippen LogP contribution in [0.15, 0.2) is 24.3 Å². The van der Waals surface area contributed by atoms with Crippen LogP contribution in [0.5, 0.6) is 0 Å². The van der Waals surface area contributed by atoms with Crippen LogP contribution in [0.1, 0.15) is 30.5 Å². The molecule has 1 aromatic rings. The van der Waals surface area contributed by atoms with Crippen molar-refractivity contribution >= 4 is 5.91 Å². The molecule has 1 rings (SSSR count). The van der Waals surface area contributed by atoms with Gasteiger partial charge in [-0.2, -0.15) is 5.26 Å². The minimum absolute atomic E-state index is 0.0320. The summed E-state index contributed by atoms with van der Waals surface area (Å²) in [5.74, 6) is 0.0320. The zero-order valence-electron chi connectivity index (χ0n) is 10.2. The number of rotatable bonds is 5. The predicted molar refractivity (Wildman–Crippen MR) is 66.3 cm³/mol. The van der Waals surface area contributed by atoms with Crippen LogP contribution in [-0.2, 0) is 4.79 Å². The molecule has 4 heteroatoms. The maximum Gasteiger partial charge on any atom is 0.221 e. The number of nitrogens with one attached hydrogen (secondary N) is 2. The monoisotopic (exact) mass is 231 g/mol. The highest BCUT2D eigenvalue weighted by Gasteiger charge is 2.05. The Kier molecular flexibility index (Phi) is 5.18. The molecule has 0 spiro atoms. The molecular formula is C13H17N3O. The van der Waals surface area contributed by atoms with Crippen molar-refractivity contribution in [2.45, 2.75) is 19.4 Å². The maximum absolute atomic E-state index is 11.0. The molecule has 0 radical (unpaired) electrons. The molecule has 0 bridgehead atoms. The molecule has 90 valence electrons. The minimum atomic E-state index is 0.0320. The van der Waals surface area contributed by atoms with Crippen LogP contribution in [0.4, 0.5) is 0 Å². The van der Waals surface area contributed by atoms with Crippen LogP contribution in [-0.4, -0.2) is 19.5 Å². The Labute approximate surface area is 102 Å². The maximum atomic E-state index is 11.0. The van der Waals surface area contributed by atoms with Crippen molar-refractivity contribution in [3.63, 3.8) is 0 Å². The largest absolute Gasteiger partial charge is 0.359 e. The Morgan fingerprint density at radius 1 is 1.41 bits per heavy atom. The van der Waals surface area contributed by atoms with Gasteiger partial charge in [0.25, 0.3) is 0 Å². The molecule has 0 aliphatic heterocycles. The summed E-state index contributed by atoms with van der Waals surface area (Å²) in [6.45, 7) is 2.67. The Hall–Kier alpha value is -1.86. The second-order valence-corrected chi connectivity index (χ2v) is 3.83. The van der Waals surface area contributed by atoms with E-state index in [1.807, 2.05) is 19.1 Å². The van der Waals surface area contributed by atoms with E-state index in [0.717, 1.165) is 5.56 Å². The van der Waals surface area contributed by atoms with Gasteiger partial charge in [0.05, 0.1) is 11.6 Å². The lowest BCUT2D eigenvalue weighted by molar-refractivity contribution is -0.120. The molecule has 1 unspecified atom stereocenters. The highest BCUT2D eigenvalue weighted by molar-refractivity contribution is 5.75. The van der Waals surface area contributed by atoms with Gasteiger partial charge >= 0.3 is 0 Å². The SMILES string of the molecule is CNC(=O)CCNC(C)c1ccc(C#N)cc1. The molecule has 0 heterocycles. The van der Waals surface area contributed by atoms with Crippen LogP contribution in [0.3, 0.4) is 0 Å². The van der Waals surface area contributed by atoms with Crippen LogP contribution < -0.4 is 10.6 Å². The Balaban J connectivity index is 2.44. The van der Waals surface area contributed by atoms with E-state index in [1.54, 1.807) is 19.2 Å². The summed E-state index contributed by atoms with van der Waals surface area (Å²) < 4.78 is 0. The first kappa shape index (κ1) is 13.2. The molecule has 4 nitrogen and oxygen atoms in total. The second-order valence-electron chi connectivity index (χ2n) is 3.83. The number of carbonyl (C=O) groups is 1. The molecule has 0 aromatic heterocycles. The first-order chi connectivity index (χ1) is 8.17. The van der Waals surface area contributed by atoms with E-state index in [9.17, 15) is 4.79 Å². The summed E-state index contributed by atoms with van der Waals surface area (Å²) in [4.78, 5) is 11.0. The lowest BCUT2D eigenvalue weighted by Gasteiger charge is -2.13. The summed E-state index contributed by atoms with van der Waals surface area (Å²) in [5, 5.41) is 14.5. The van der Waals surface area contributed by atoms with Gasteiger partial charge in [0, 0.05) is 26.1 Å². The lowest BCUT2D eigenvalue weighted by Crippen LogP contribution is -2.26. The Morgan fingerprint density at radius 3 is 2.59 bits per heavy atom. The first-order valence-electron chi connectivity index (χ1n) is 5.61. The summed E-state index contributed by atoms with van der Waals surface area (Å²) in [5.41, 5.74) is 1.77. The first-order valence-corrected chi connectivity index (χ1v) is 5.61. The number of benzene rings is 1. The highest BCUT2D eigenvalue weighted by atomic mass is 16.1. The molecule has 0 saturated heterocycles. The molecule has 1 atom stereocenters. The lowest BCUT2D eigenvalue weighted by atomic mass is 10.1. The summed E-state index contributed by atoms with van der Waals surface area (Å²) >= 11 is 0. The van der Waals surface area contributed by atoms with Gasteiger partial charge in [0.2, 0.25) is 5.91 Å². The number of hydrogen-bond donors (Lipinski definition) is 2. The number of nitriles is 1. The number of hydrogen-bond acceptors (Lipinski definition) is 3.